The number of hydrogen-bond acceptors (Lipinski definition) is 13. The van der Waals surface area contributed by atoms with Crippen molar-refractivity contribution in [3.05, 3.63) is 36.7 Å². The van der Waals surface area contributed by atoms with Crippen LogP contribution < -0.4 is 20.1 Å². The van der Waals surface area contributed by atoms with Gasteiger partial charge in [0, 0.05) is 0 Å². The first-order valence-corrected chi connectivity index (χ1v) is 15.7. The van der Waals surface area contributed by atoms with Crippen LogP contribution in [0.25, 0.3) is 11.2 Å². The Bertz CT molecular complexity index is 1460. The highest BCUT2D eigenvalue weighted by molar-refractivity contribution is 8.09. The van der Waals surface area contributed by atoms with E-state index < -0.39 is 55.2 Å². The maximum Gasteiger partial charge on any atom is 0.323 e. The van der Waals surface area contributed by atoms with Crippen molar-refractivity contribution in [3.63, 3.8) is 0 Å². The van der Waals surface area contributed by atoms with Gasteiger partial charge in [0.2, 0.25) is 11.8 Å². The number of halogens is 1. The molecule has 42 heavy (non-hydrogen) atoms. The molecule has 3 heterocycles. The van der Waals surface area contributed by atoms with Gasteiger partial charge in [-0.05, 0) is 58.6 Å². The van der Waals surface area contributed by atoms with Crippen LogP contribution in [0, 0.1) is 0 Å². The summed E-state index contributed by atoms with van der Waals surface area (Å²) in [6.07, 6.45) is -2.85. The van der Waals surface area contributed by atoms with E-state index >= 15 is 4.39 Å². The zero-order valence-corrected chi connectivity index (χ0v) is 25.3. The summed E-state index contributed by atoms with van der Waals surface area (Å²) in [5.74, 6) is -3.41. The number of aliphatic hydroxyl groups excluding tert-OH is 1. The Morgan fingerprint density at radius 3 is 2.64 bits per heavy atom. The number of imidazole rings is 1. The Hall–Kier alpha value is -2.98. The fourth-order valence-electron chi connectivity index (χ4n) is 4.22. The highest BCUT2D eigenvalue weighted by atomic mass is 32.5. The minimum atomic E-state index is -3.70. The number of ether oxygens (including phenoxy) is 3. The molecule has 14 nitrogen and oxygen atoms in total. The molecule has 1 aliphatic heterocycles. The summed E-state index contributed by atoms with van der Waals surface area (Å²) in [7, 11) is 0. The number of fused-ring (bicyclic) bond motifs is 1. The number of para-hydroxylation sites is 1. The largest absolute Gasteiger partial charge is 0.476 e. The van der Waals surface area contributed by atoms with Gasteiger partial charge in [0.1, 0.15) is 30.1 Å². The lowest BCUT2D eigenvalue weighted by molar-refractivity contribution is -0.202. The predicted octanol–water partition coefficient (Wildman–Crippen LogP) is 2.36. The number of alkyl halides is 1. The smallest absolute Gasteiger partial charge is 0.323 e. The van der Waals surface area contributed by atoms with Crippen molar-refractivity contribution in [2.24, 2.45) is 0 Å². The SMILES string of the molecule is CCOc1nc(N)nc2c1ncn2[C@@H]1O[C@](F)(CO[P@@](=S)(N[C@H](C)C(=O)OC(C)C)Oc2ccccc2)[C@@H](O)[C@@]1(C)O. The molecule has 0 spiro atoms. The second kappa shape index (κ2) is 12.3. The molecule has 17 heteroatoms. The molecule has 0 aliphatic carbocycles. The van der Waals surface area contributed by atoms with Gasteiger partial charge >= 0.3 is 12.6 Å². The minimum absolute atomic E-state index is 0.0743. The van der Waals surface area contributed by atoms with Crippen LogP contribution in [0.2, 0.25) is 0 Å². The number of benzene rings is 1. The van der Waals surface area contributed by atoms with Gasteiger partial charge in [-0.2, -0.15) is 9.97 Å². The summed E-state index contributed by atoms with van der Waals surface area (Å²) >= 11 is 5.62. The van der Waals surface area contributed by atoms with Gasteiger partial charge in [0.15, 0.2) is 17.4 Å². The normalized spacial score (nSPS) is 26.2. The molecule has 5 N–H and O–H groups in total. The number of carbonyl (C=O) groups excluding carboxylic acids is 1. The highest BCUT2D eigenvalue weighted by Crippen LogP contribution is 2.51. The van der Waals surface area contributed by atoms with E-state index in [2.05, 4.69) is 20.0 Å². The third-order valence-corrected chi connectivity index (χ3v) is 8.65. The molecule has 0 saturated carbocycles. The van der Waals surface area contributed by atoms with Crippen LogP contribution in [0.1, 0.15) is 40.8 Å². The number of nitrogens with one attached hydrogen (secondary N) is 1. The molecule has 0 bridgehead atoms. The van der Waals surface area contributed by atoms with Crippen LogP contribution in [-0.4, -0.2) is 78.6 Å². The standard InChI is InChI=1S/C25H34FN6O8PS/c1-6-36-19-17-18(29-23(27)30-19)32(13-28-17)22-24(5,35)21(34)25(26,39-22)12-37-41(42,40-16-10-8-7-9-11-16)31-15(4)20(33)38-14(2)3/h7-11,13-15,21-22,34-35H,6,12H2,1-5H3,(H,31,42)(H2,27,29,30)/t15-,21+,22-,24-,25-,41+/m1/s1. The molecule has 230 valence electrons. The highest BCUT2D eigenvalue weighted by Gasteiger charge is 2.63. The van der Waals surface area contributed by atoms with E-state index in [1.807, 2.05) is 0 Å². The molecule has 1 saturated heterocycles. The Balaban J connectivity index is 1.61. The quantitative estimate of drug-likeness (QED) is 0.169. The molecular formula is C25H34FN6O8PS. The summed E-state index contributed by atoms with van der Waals surface area (Å²) in [5, 5.41) is 25.0. The first-order chi connectivity index (χ1) is 19.7. The van der Waals surface area contributed by atoms with Gasteiger partial charge in [0.05, 0.1) is 19.0 Å². The van der Waals surface area contributed by atoms with E-state index in [1.54, 1.807) is 51.1 Å². The number of aromatic nitrogens is 4. The number of aliphatic hydroxyl groups is 2. The molecule has 3 aromatic rings. The molecule has 0 radical (unpaired) electrons. The van der Waals surface area contributed by atoms with E-state index in [9.17, 15) is 15.0 Å². The van der Waals surface area contributed by atoms with Crippen LogP contribution in [0.4, 0.5) is 10.3 Å². The van der Waals surface area contributed by atoms with E-state index in [1.165, 1.54) is 24.7 Å². The summed E-state index contributed by atoms with van der Waals surface area (Å²) in [6, 6.07) is 7.34. The second-order valence-corrected chi connectivity index (χ2v) is 13.2. The molecule has 1 aliphatic rings. The second-order valence-electron chi connectivity index (χ2n) is 10.0. The van der Waals surface area contributed by atoms with Crippen LogP contribution >= 0.6 is 6.64 Å². The van der Waals surface area contributed by atoms with Crippen molar-refractivity contribution in [2.75, 3.05) is 18.9 Å². The number of anilines is 1. The number of esters is 1. The van der Waals surface area contributed by atoms with E-state index in [-0.39, 0.29) is 35.3 Å². The first kappa shape index (κ1) is 31.9. The van der Waals surface area contributed by atoms with Crippen molar-refractivity contribution in [2.45, 2.75) is 70.6 Å². The van der Waals surface area contributed by atoms with Crippen molar-refractivity contribution >= 4 is 41.5 Å². The number of nitrogens with zero attached hydrogens (tertiary/aromatic N) is 4. The topological polar surface area (TPSA) is 185 Å². The van der Waals surface area contributed by atoms with Crippen molar-refractivity contribution in [1.82, 2.24) is 24.6 Å². The zero-order chi connectivity index (χ0) is 30.9. The van der Waals surface area contributed by atoms with Gasteiger partial charge in [0.25, 0.3) is 5.85 Å². The first-order valence-electron chi connectivity index (χ1n) is 13.1. The van der Waals surface area contributed by atoms with Crippen LogP contribution in [0.15, 0.2) is 36.7 Å². The molecule has 1 fully saturated rings. The average Bonchev–Trinajstić information content (AvgIpc) is 3.40. The Kier molecular flexibility index (Phi) is 9.37. The third-order valence-electron chi connectivity index (χ3n) is 6.17. The Morgan fingerprint density at radius 2 is 2.00 bits per heavy atom. The van der Waals surface area contributed by atoms with Crippen LogP contribution in [0.5, 0.6) is 11.6 Å². The number of nitrogens with two attached hydrogens (primary N) is 1. The lowest BCUT2D eigenvalue weighted by Gasteiger charge is -2.30. The van der Waals surface area contributed by atoms with Gasteiger partial charge in [-0.1, -0.05) is 18.2 Å². The van der Waals surface area contributed by atoms with E-state index in [0.29, 0.717) is 0 Å². The van der Waals surface area contributed by atoms with Gasteiger partial charge in [-0.15, -0.1) is 0 Å². The molecule has 6 atom stereocenters. The molecule has 4 rings (SSSR count). The third kappa shape index (κ3) is 6.64. The van der Waals surface area contributed by atoms with E-state index in [4.69, 9.17) is 40.8 Å². The summed E-state index contributed by atoms with van der Waals surface area (Å²) < 4.78 is 45.5. The Morgan fingerprint density at radius 1 is 1.31 bits per heavy atom. The predicted molar refractivity (Wildman–Crippen MR) is 153 cm³/mol. The summed E-state index contributed by atoms with van der Waals surface area (Å²) in [6.45, 7) is 3.36. The van der Waals surface area contributed by atoms with Crippen molar-refractivity contribution < 1.29 is 42.7 Å². The fraction of sp³-hybridized carbons (Fsp3) is 0.520. The lowest BCUT2D eigenvalue weighted by Crippen LogP contribution is -2.49. The maximum absolute atomic E-state index is 16.4. The maximum atomic E-state index is 16.4. The Labute approximate surface area is 246 Å². The zero-order valence-electron chi connectivity index (χ0n) is 23.6. The molecular weight excluding hydrogens is 594 g/mol. The van der Waals surface area contributed by atoms with E-state index in [0.717, 1.165) is 0 Å². The van der Waals surface area contributed by atoms with Crippen LogP contribution in [-0.2, 0) is 30.6 Å². The van der Waals surface area contributed by atoms with Crippen LogP contribution in [0.3, 0.4) is 0 Å². The summed E-state index contributed by atoms with van der Waals surface area (Å²) in [5.41, 5.74) is 3.86. The fourth-order valence-corrected chi connectivity index (χ4v) is 6.61. The lowest BCUT2D eigenvalue weighted by atomic mass is 9.95. The van der Waals surface area contributed by atoms with Crippen molar-refractivity contribution in [3.8, 4) is 11.6 Å². The van der Waals surface area contributed by atoms with Gasteiger partial charge in [-0.25, -0.2) is 14.5 Å². The molecule has 0 amide bonds. The minimum Gasteiger partial charge on any atom is -0.476 e. The average molecular weight is 629 g/mol. The monoisotopic (exact) mass is 628 g/mol. The number of rotatable bonds is 12. The molecule has 0 unspecified atom stereocenters. The van der Waals surface area contributed by atoms with Gasteiger partial charge < -0.3 is 39.2 Å². The molecule has 1 aromatic carbocycles. The molecule has 2 aromatic heterocycles. The number of nitrogen functional groups attached to an aromatic ring is 1. The van der Waals surface area contributed by atoms with Crippen molar-refractivity contribution in [1.29, 1.82) is 0 Å². The van der Waals surface area contributed by atoms with Gasteiger partial charge in [-0.3, -0.25) is 9.36 Å². The number of carbonyl (C=O) groups is 1. The summed E-state index contributed by atoms with van der Waals surface area (Å²) in [4.78, 5) is 24.8. The number of hydrogen-bond donors (Lipinski definition) is 4.